The second kappa shape index (κ2) is 9.38. The highest BCUT2D eigenvalue weighted by molar-refractivity contribution is 5.93. The molecule has 0 aliphatic heterocycles. The van der Waals surface area contributed by atoms with Crippen LogP contribution in [0.15, 0.2) is 36.7 Å². The maximum atomic E-state index is 13.6. The smallest absolute Gasteiger partial charge is 0.302 e. The van der Waals surface area contributed by atoms with Gasteiger partial charge in [-0.2, -0.15) is 8.78 Å². The van der Waals surface area contributed by atoms with Crippen molar-refractivity contribution in [1.82, 2.24) is 20.3 Å². The number of amides is 2. The maximum absolute atomic E-state index is 13.6. The molecule has 0 spiro atoms. The minimum Gasteiger partial charge on any atom is -0.471 e. The molecule has 2 N–H and O–H groups in total. The first-order chi connectivity index (χ1) is 14.0. The number of aromatic nitrogens is 3. The Morgan fingerprint density at radius 1 is 1.30 bits per heavy atom. The van der Waals surface area contributed by atoms with Crippen LogP contribution in [-0.2, 0) is 4.79 Å². The number of carbonyl (C=O) groups excluding carboxylic acids is 2. The first-order valence-electron chi connectivity index (χ1n) is 9.04. The molecule has 2 aromatic heterocycles. The van der Waals surface area contributed by atoms with E-state index in [0.717, 1.165) is 0 Å². The van der Waals surface area contributed by atoms with Gasteiger partial charge in [0.1, 0.15) is 5.69 Å². The molecule has 8 nitrogen and oxygen atoms in total. The van der Waals surface area contributed by atoms with Crippen LogP contribution in [-0.4, -0.2) is 39.3 Å². The van der Waals surface area contributed by atoms with Gasteiger partial charge in [0, 0.05) is 24.9 Å². The number of halogens is 2. The van der Waals surface area contributed by atoms with Crippen molar-refractivity contribution >= 4 is 17.8 Å². The Labute approximate surface area is 172 Å². The first-order valence-corrected chi connectivity index (χ1v) is 9.04. The predicted octanol–water partition coefficient (Wildman–Crippen LogP) is 3.22. The van der Waals surface area contributed by atoms with Gasteiger partial charge in [-0.15, -0.1) is 0 Å². The molecule has 2 amide bonds. The van der Waals surface area contributed by atoms with Gasteiger partial charge in [0.25, 0.3) is 5.91 Å². The lowest BCUT2D eigenvalue weighted by Crippen LogP contribution is -2.28. The fourth-order valence-corrected chi connectivity index (χ4v) is 2.31. The summed E-state index contributed by atoms with van der Waals surface area (Å²) >= 11 is 0. The number of nitrogens with one attached hydrogen (secondary N) is 2. The molecule has 0 aliphatic rings. The largest absolute Gasteiger partial charge is 0.471 e. The number of nitrogens with zero attached hydrogens (tertiary/aromatic N) is 3. The summed E-state index contributed by atoms with van der Waals surface area (Å²) in [6.45, 7) is 8.34. The zero-order valence-electron chi connectivity index (χ0n) is 17.1. The molecule has 0 aromatic carbocycles. The molecular formula is C20H23F2N5O3. The number of hydrogen-bond donors (Lipinski definition) is 2. The molecule has 2 aromatic rings. The zero-order chi connectivity index (χ0) is 22.5. The minimum absolute atomic E-state index is 0.0216. The molecule has 0 saturated heterocycles. The van der Waals surface area contributed by atoms with Crippen molar-refractivity contribution < 1.29 is 23.1 Å². The summed E-state index contributed by atoms with van der Waals surface area (Å²) in [6.07, 6.45) is 2.80. The van der Waals surface area contributed by atoms with E-state index in [1.807, 2.05) is 0 Å². The van der Waals surface area contributed by atoms with Gasteiger partial charge < -0.3 is 10.1 Å². The van der Waals surface area contributed by atoms with Gasteiger partial charge in [0.05, 0.1) is 6.04 Å². The molecule has 0 aliphatic carbocycles. The van der Waals surface area contributed by atoms with E-state index in [9.17, 15) is 18.4 Å². The molecule has 0 bridgehead atoms. The fraction of sp³-hybridized carbons (Fsp3) is 0.350. The van der Waals surface area contributed by atoms with E-state index in [0.29, 0.717) is 11.1 Å². The lowest BCUT2D eigenvalue weighted by molar-refractivity contribution is -0.114. The molecule has 2 rings (SSSR count). The summed E-state index contributed by atoms with van der Waals surface area (Å²) in [6, 6.07) is 2.65. The molecule has 1 unspecified atom stereocenters. The second-order valence-corrected chi connectivity index (χ2v) is 6.81. The number of rotatable bonds is 8. The number of ether oxygens (including phenoxy) is 1. The Morgan fingerprint density at radius 3 is 2.60 bits per heavy atom. The van der Waals surface area contributed by atoms with E-state index in [1.165, 1.54) is 32.3 Å². The average molecular weight is 419 g/mol. The van der Waals surface area contributed by atoms with Crippen molar-refractivity contribution in [1.29, 1.82) is 0 Å². The first kappa shape index (κ1) is 22.9. The van der Waals surface area contributed by atoms with Gasteiger partial charge in [0.2, 0.25) is 17.7 Å². The van der Waals surface area contributed by atoms with Crippen molar-refractivity contribution in [2.45, 2.75) is 39.7 Å². The monoisotopic (exact) mass is 419 g/mol. The van der Waals surface area contributed by atoms with Gasteiger partial charge in [-0.05, 0) is 44.0 Å². The van der Waals surface area contributed by atoms with Gasteiger partial charge in [-0.25, -0.2) is 15.0 Å². The topological polar surface area (TPSA) is 106 Å². The summed E-state index contributed by atoms with van der Waals surface area (Å²) in [5.74, 6) is -3.88. The summed E-state index contributed by atoms with van der Waals surface area (Å²) in [7, 11) is 0. The average Bonchev–Trinajstić information content (AvgIpc) is 2.66. The summed E-state index contributed by atoms with van der Waals surface area (Å²) in [4.78, 5) is 35.5. The van der Waals surface area contributed by atoms with Crippen LogP contribution in [0.3, 0.4) is 0 Å². The van der Waals surface area contributed by atoms with Gasteiger partial charge in [-0.3, -0.25) is 14.9 Å². The number of anilines is 1. The lowest BCUT2D eigenvalue weighted by atomic mass is 10.1. The van der Waals surface area contributed by atoms with Crippen LogP contribution in [0, 0.1) is 6.92 Å². The Kier molecular flexibility index (Phi) is 7.14. The van der Waals surface area contributed by atoms with Crippen LogP contribution in [0.1, 0.15) is 48.4 Å². The summed E-state index contributed by atoms with van der Waals surface area (Å²) < 4.78 is 32.4. The molecule has 0 saturated carbocycles. The number of alkyl halides is 2. The van der Waals surface area contributed by atoms with Crippen LogP contribution in [0.5, 0.6) is 5.88 Å². The molecule has 2 heterocycles. The standard InChI is InChI=1S/C20H23F2N5O3/c1-11(2)20(21,22)10-30-18-12(3)8-15(9-24-18)13(4)25-17(29)16-6-7-23-19(27-16)26-14(5)28/h6-9,13H,1,10H2,2-5H3,(H,25,29)(H,23,26,27,28). The third kappa shape index (κ3) is 6.03. The van der Waals surface area contributed by atoms with Crippen molar-refractivity contribution in [2.24, 2.45) is 0 Å². The van der Waals surface area contributed by atoms with Gasteiger partial charge in [-0.1, -0.05) is 6.58 Å². The highest BCUT2D eigenvalue weighted by Crippen LogP contribution is 2.25. The van der Waals surface area contributed by atoms with E-state index >= 15 is 0 Å². The van der Waals surface area contributed by atoms with Gasteiger partial charge in [0.15, 0.2) is 6.61 Å². The van der Waals surface area contributed by atoms with Crippen LogP contribution in [0.4, 0.5) is 14.7 Å². The molecule has 10 heteroatoms. The van der Waals surface area contributed by atoms with E-state index in [1.54, 1.807) is 19.9 Å². The van der Waals surface area contributed by atoms with E-state index in [4.69, 9.17) is 4.74 Å². The number of carbonyl (C=O) groups is 2. The predicted molar refractivity (Wildman–Crippen MR) is 106 cm³/mol. The lowest BCUT2D eigenvalue weighted by Gasteiger charge is -2.19. The third-order valence-corrected chi connectivity index (χ3v) is 4.09. The van der Waals surface area contributed by atoms with Crippen LogP contribution >= 0.6 is 0 Å². The van der Waals surface area contributed by atoms with E-state index in [2.05, 4.69) is 32.2 Å². The van der Waals surface area contributed by atoms with E-state index < -0.39 is 24.5 Å². The van der Waals surface area contributed by atoms with Crippen LogP contribution in [0.2, 0.25) is 0 Å². The zero-order valence-corrected chi connectivity index (χ0v) is 17.1. The van der Waals surface area contributed by atoms with Gasteiger partial charge >= 0.3 is 5.92 Å². The van der Waals surface area contributed by atoms with Crippen molar-refractivity contribution in [3.8, 4) is 5.88 Å². The number of pyridine rings is 1. The second-order valence-electron chi connectivity index (χ2n) is 6.81. The quantitative estimate of drug-likeness (QED) is 0.637. The Balaban J connectivity index is 2.06. The number of aryl methyl sites for hydroxylation is 1. The van der Waals surface area contributed by atoms with Crippen molar-refractivity contribution in [2.75, 3.05) is 11.9 Å². The molecular weight excluding hydrogens is 396 g/mol. The SMILES string of the molecule is C=C(C)C(F)(F)COc1ncc(C(C)NC(=O)c2ccnc(NC(C)=O)n2)cc1C. The fourth-order valence-electron chi connectivity index (χ4n) is 2.31. The highest BCUT2D eigenvalue weighted by Gasteiger charge is 2.31. The summed E-state index contributed by atoms with van der Waals surface area (Å²) in [5.41, 5.74) is 0.976. The molecule has 160 valence electrons. The molecule has 0 fully saturated rings. The van der Waals surface area contributed by atoms with E-state index in [-0.39, 0.29) is 29.0 Å². The molecule has 30 heavy (non-hydrogen) atoms. The Hall–Kier alpha value is -3.43. The Morgan fingerprint density at radius 2 is 2.00 bits per heavy atom. The maximum Gasteiger partial charge on any atom is 0.302 e. The number of hydrogen-bond acceptors (Lipinski definition) is 6. The molecule has 1 atom stereocenters. The van der Waals surface area contributed by atoms with Crippen molar-refractivity contribution in [3.63, 3.8) is 0 Å². The van der Waals surface area contributed by atoms with Crippen LogP contribution < -0.4 is 15.4 Å². The Bertz CT molecular complexity index is 965. The summed E-state index contributed by atoms with van der Waals surface area (Å²) in [5, 5.41) is 5.16. The van der Waals surface area contributed by atoms with Crippen molar-refractivity contribution in [3.05, 3.63) is 53.5 Å². The van der Waals surface area contributed by atoms with Crippen LogP contribution in [0.25, 0.3) is 0 Å². The highest BCUT2D eigenvalue weighted by atomic mass is 19.3. The minimum atomic E-state index is -3.15. The molecule has 0 radical (unpaired) electrons. The normalized spacial score (nSPS) is 12.1. The third-order valence-electron chi connectivity index (χ3n) is 4.09.